The van der Waals surface area contributed by atoms with E-state index >= 15 is 0 Å². The lowest BCUT2D eigenvalue weighted by atomic mass is 9.67. The van der Waals surface area contributed by atoms with Crippen LogP contribution >= 0.6 is 0 Å². The summed E-state index contributed by atoms with van der Waals surface area (Å²) in [5.41, 5.74) is 0.453. The van der Waals surface area contributed by atoms with Crippen LogP contribution in [0, 0.1) is 0 Å². The van der Waals surface area contributed by atoms with Crippen molar-refractivity contribution in [2.75, 3.05) is 27.3 Å². The van der Waals surface area contributed by atoms with E-state index in [0.717, 1.165) is 17.9 Å². The molecular formula is C15H21NO3. The van der Waals surface area contributed by atoms with Crippen molar-refractivity contribution in [3.8, 4) is 5.75 Å². The second kappa shape index (κ2) is 5.21. The van der Waals surface area contributed by atoms with Crippen molar-refractivity contribution in [2.24, 2.45) is 0 Å². The fraction of sp³-hybridized carbons (Fsp3) is 0.533. The zero-order chi connectivity index (χ0) is 14.0. The second-order valence-electron chi connectivity index (χ2n) is 4.93. The summed E-state index contributed by atoms with van der Waals surface area (Å²) in [6, 6.07) is 7.85. The first-order chi connectivity index (χ1) is 9.09. The molecule has 19 heavy (non-hydrogen) atoms. The van der Waals surface area contributed by atoms with Crippen LogP contribution in [0.5, 0.6) is 5.75 Å². The third-order valence-corrected chi connectivity index (χ3v) is 4.27. The predicted octanol–water partition coefficient (Wildman–Crippen LogP) is 1.83. The van der Waals surface area contributed by atoms with Gasteiger partial charge >= 0.3 is 5.97 Å². The van der Waals surface area contributed by atoms with Crippen LogP contribution in [0.15, 0.2) is 24.3 Å². The highest BCUT2D eigenvalue weighted by molar-refractivity contribution is 5.86. The molecule has 0 aromatic heterocycles. The summed E-state index contributed by atoms with van der Waals surface area (Å²) in [5, 5.41) is 0. The van der Waals surface area contributed by atoms with E-state index in [2.05, 4.69) is 18.7 Å². The van der Waals surface area contributed by atoms with E-state index in [1.807, 2.05) is 24.3 Å². The number of methoxy groups -OCH3 is 2. The Balaban J connectivity index is 2.36. The lowest BCUT2D eigenvalue weighted by Gasteiger charge is -2.54. The van der Waals surface area contributed by atoms with Crippen LogP contribution < -0.4 is 4.74 Å². The van der Waals surface area contributed by atoms with Crippen molar-refractivity contribution in [1.29, 1.82) is 0 Å². The second-order valence-corrected chi connectivity index (χ2v) is 4.93. The molecule has 1 aliphatic heterocycles. The van der Waals surface area contributed by atoms with Gasteiger partial charge in [-0.2, -0.15) is 0 Å². The number of carbonyl (C=O) groups is 1. The summed E-state index contributed by atoms with van der Waals surface area (Å²) in [6.45, 7) is 5.83. The van der Waals surface area contributed by atoms with Gasteiger partial charge in [0.1, 0.15) is 11.2 Å². The Kier molecular flexibility index (Phi) is 3.80. The average molecular weight is 263 g/mol. The molecule has 2 atom stereocenters. The molecule has 0 saturated carbocycles. The SMILES string of the molecule is CCN1CC(C(=O)OC)(c2ccc(OC)cc2)C1C. The molecule has 2 rings (SSSR count). The number of esters is 1. The molecule has 1 heterocycles. The summed E-state index contributed by atoms with van der Waals surface area (Å²) >= 11 is 0. The van der Waals surface area contributed by atoms with E-state index < -0.39 is 5.41 Å². The molecule has 1 saturated heterocycles. The van der Waals surface area contributed by atoms with Gasteiger partial charge in [-0.15, -0.1) is 0 Å². The van der Waals surface area contributed by atoms with Gasteiger partial charge in [0.2, 0.25) is 0 Å². The van der Waals surface area contributed by atoms with Gasteiger partial charge < -0.3 is 9.47 Å². The van der Waals surface area contributed by atoms with Gasteiger partial charge in [-0.3, -0.25) is 9.69 Å². The predicted molar refractivity (Wildman–Crippen MR) is 73.4 cm³/mol. The Bertz CT molecular complexity index is 457. The maximum Gasteiger partial charge on any atom is 0.319 e. The fourth-order valence-corrected chi connectivity index (χ4v) is 2.93. The van der Waals surface area contributed by atoms with Crippen LogP contribution in [-0.2, 0) is 14.9 Å². The largest absolute Gasteiger partial charge is 0.497 e. The van der Waals surface area contributed by atoms with Gasteiger partial charge in [0.25, 0.3) is 0 Å². The molecule has 4 heteroatoms. The third kappa shape index (κ3) is 2.00. The van der Waals surface area contributed by atoms with Crippen LogP contribution in [-0.4, -0.2) is 44.2 Å². The highest BCUT2D eigenvalue weighted by atomic mass is 16.5. The smallest absolute Gasteiger partial charge is 0.319 e. The van der Waals surface area contributed by atoms with Crippen molar-refractivity contribution in [3.63, 3.8) is 0 Å². The van der Waals surface area contributed by atoms with E-state index in [9.17, 15) is 4.79 Å². The van der Waals surface area contributed by atoms with Crippen LogP contribution in [0.4, 0.5) is 0 Å². The van der Waals surface area contributed by atoms with Gasteiger partial charge in [-0.05, 0) is 31.2 Å². The van der Waals surface area contributed by atoms with Gasteiger partial charge in [0, 0.05) is 12.6 Å². The van der Waals surface area contributed by atoms with Crippen LogP contribution in [0.2, 0.25) is 0 Å². The number of benzene rings is 1. The molecule has 0 spiro atoms. The molecule has 1 aromatic rings. The first-order valence-electron chi connectivity index (χ1n) is 6.57. The Hall–Kier alpha value is -1.55. The third-order valence-electron chi connectivity index (χ3n) is 4.27. The molecule has 4 nitrogen and oxygen atoms in total. The number of carbonyl (C=O) groups excluding carboxylic acids is 1. The molecule has 2 unspecified atom stereocenters. The van der Waals surface area contributed by atoms with Crippen molar-refractivity contribution >= 4 is 5.97 Å². The summed E-state index contributed by atoms with van der Waals surface area (Å²) in [4.78, 5) is 14.5. The van der Waals surface area contributed by atoms with Crippen molar-refractivity contribution in [2.45, 2.75) is 25.3 Å². The molecule has 104 valence electrons. The molecule has 1 aliphatic rings. The quantitative estimate of drug-likeness (QED) is 0.777. The maximum absolute atomic E-state index is 12.3. The zero-order valence-electron chi connectivity index (χ0n) is 12.0. The molecule has 0 aliphatic carbocycles. The van der Waals surface area contributed by atoms with Crippen molar-refractivity contribution in [1.82, 2.24) is 4.90 Å². The number of nitrogens with zero attached hydrogens (tertiary/aromatic N) is 1. The van der Waals surface area contributed by atoms with E-state index in [1.54, 1.807) is 7.11 Å². The minimum Gasteiger partial charge on any atom is -0.497 e. The summed E-state index contributed by atoms with van der Waals surface area (Å²) in [5.74, 6) is 0.637. The van der Waals surface area contributed by atoms with Gasteiger partial charge in [-0.25, -0.2) is 0 Å². The van der Waals surface area contributed by atoms with Gasteiger partial charge in [0.15, 0.2) is 0 Å². The first kappa shape index (κ1) is 13.9. The Labute approximate surface area is 114 Å². The number of likely N-dealkylation sites (N-methyl/N-ethyl adjacent to an activating group) is 1. The fourth-order valence-electron chi connectivity index (χ4n) is 2.93. The van der Waals surface area contributed by atoms with E-state index in [-0.39, 0.29) is 12.0 Å². The normalized spacial score (nSPS) is 26.6. The van der Waals surface area contributed by atoms with Crippen molar-refractivity contribution < 1.29 is 14.3 Å². The number of hydrogen-bond acceptors (Lipinski definition) is 4. The summed E-state index contributed by atoms with van der Waals surface area (Å²) in [7, 11) is 3.09. The van der Waals surface area contributed by atoms with Gasteiger partial charge in [0.05, 0.1) is 14.2 Å². The number of rotatable bonds is 4. The molecule has 1 fully saturated rings. The molecule has 1 aromatic carbocycles. The van der Waals surface area contributed by atoms with Crippen LogP contribution in [0.25, 0.3) is 0 Å². The van der Waals surface area contributed by atoms with E-state index in [4.69, 9.17) is 9.47 Å². The van der Waals surface area contributed by atoms with E-state index in [1.165, 1.54) is 7.11 Å². The number of ether oxygens (including phenoxy) is 2. The van der Waals surface area contributed by atoms with Crippen LogP contribution in [0.1, 0.15) is 19.4 Å². The zero-order valence-corrected chi connectivity index (χ0v) is 12.0. The summed E-state index contributed by atoms with van der Waals surface area (Å²) in [6.07, 6.45) is 0. The summed E-state index contributed by atoms with van der Waals surface area (Å²) < 4.78 is 10.2. The van der Waals surface area contributed by atoms with Crippen LogP contribution in [0.3, 0.4) is 0 Å². The maximum atomic E-state index is 12.3. The monoisotopic (exact) mass is 263 g/mol. The molecule has 0 radical (unpaired) electrons. The molecule has 0 amide bonds. The lowest BCUT2D eigenvalue weighted by Crippen LogP contribution is -2.69. The average Bonchev–Trinajstić information content (AvgIpc) is 2.46. The Morgan fingerprint density at radius 1 is 1.37 bits per heavy atom. The minimum absolute atomic E-state index is 0.151. The topological polar surface area (TPSA) is 38.8 Å². The number of likely N-dealkylation sites (tertiary alicyclic amines) is 1. The highest BCUT2D eigenvalue weighted by Crippen LogP contribution is 2.42. The minimum atomic E-state index is -0.545. The highest BCUT2D eigenvalue weighted by Gasteiger charge is 2.56. The first-order valence-corrected chi connectivity index (χ1v) is 6.57. The Morgan fingerprint density at radius 2 is 2.00 bits per heavy atom. The molecular weight excluding hydrogens is 242 g/mol. The van der Waals surface area contributed by atoms with Crippen molar-refractivity contribution in [3.05, 3.63) is 29.8 Å². The van der Waals surface area contributed by atoms with Gasteiger partial charge in [-0.1, -0.05) is 19.1 Å². The standard InChI is InChI=1S/C15H21NO3/c1-5-16-10-15(11(16)2,14(17)19-4)12-6-8-13(18-3)9-7-12/h6-9,11H,5,10H2,1-4H3. The number of hydrogen-bond donors (Lipinski definition) is 0. The Morgan fingerprint density at radius 3 is 2.42 bits per heavy atom. The lowest BCUT2D eigenvalue weighted by molar-refractivity contribution is -0.160. The van der Waals surface area contributed by atoms with E-state index in [0.29, 0.717) is 6.54 Å². The molecule has 0 bridgehead atoms. The molecule has 0 N–H and O–H groups in total.